The van der Waals surface area contributed by atoms with Gasteiger partial charge in [-0.2, -0.15) is 11.8 Å². The van der Waals surface area contributed by atoms with Crippen molar-refractivity contribution in [2.24, 2.45) is 0 Å². The zero-order chi connectivity index (χ0) is 13.7. The van der Waals surface area contributed by atoms with E-state index in [4.69, 9.17) is 0 Å². The third-order valence-corrected chi connectivity index (χ3v) is 4.50. The summed E-state index contributed by atoms with van der Waals surface area (Å²) in [6.07, 6.45) is 3.82. The van der Waals surface area contributed by atoms with Crippen molar-refractivity contribution >= 4 is 23.5 Å². The molecule has 0 aliphatic carbocycles. The van der Waals surface area contributed by atoms with Crippen molar-refractivity contribution in [2.75, 3.05) is 30.4 Å². The fraction of sp³-hybridized carbons (Fsp3) is 0.571. The molecular formula is C14H21N3OS. The van der Waals surface area contributed by atoms with Crippen molar-refractivity contribution in [1.82, 2.24) is 9.88 Å². The lowest BCUT2D eigenvalue weighted by Crippen LogP contribution is -2.37. The van der Waals surface area contributed by atoms with E-state index < -0.39 is 0 Å². The highest BCUT2D eigenvalue weighted by Crippen LogP contribution is 2.23. The third kappa shape index (κ3) is 3.41. The number of carbonyl (C=O) groups excluding carboxylic acids is 1. The summed E-state index contributed by atoms with van der Waals surface area (Å²) in [5, 5.41) is 3.23. The average molecular weight is 279 g/mol. The van der Waals surface area contributed by atoms with Gasteiger partial charge < -0.3 is 10.2 Å². The maximum absolute atomic E-state index is 12.6. The molecule has 1 N–H and O–H groups in total. The Kier molecular flexibility index (Phi) is 5.07. The van der Waals surface area contributed by atoms with E-state index in [1.54, 1.807) is 6.20 Å². The minimum atomic E-state index is 0.0687. The molecule has 0 radical (unpaired) electrons. The van der Waals surface area contributed by atoms with E-state index in [1.165, 1.54) is 0 Å². The predicted molar refractivity (Wildman–Crippen MR) is 80.8 cm³/mol. The standard InChI is InChI=1S/C14H21N3OS/c1-3-7-15-13-12(5-4-8-16-13)14(18)17(2)11-6-9-19-10-11/h4-5,8,11H,3,6-7,9-10H2,1-2H3,(H,15,16). The van der Waals surface area contributed by atoms with E-state index in [1.807, 2.05) is 35.8 Å². The molecule has 5 heteroatoms. The lowest BCUT2D eigenvalue weighted by molar-refractivity contribution is 0.0748. The van der Waals surface area contributed by atoms with Gasteiger partial charge in [-0.3, -0.25) is 4.79 Å². The summed E-state index contributed by atoms with van der Waals surface area (Å²) in [5.41, 5.74) is 0.676. The highest BCUT2D eigenvalue weighted by Gasteiger charge is 2.26. The van der Waals surface area contributed by atoms with Gasteiger partial charge in [-0.1, -0.05) is 6.92 Å². The first-order valence-corrected chi connectivity index (χ1v) is 7.93. The molecule has 2 rings (SSSR count). The van der Waals surface area contributed by atoms with Gasteiger partial charge in [0.15, 0.2) is 0 Å². The average Bonchev–Trinajstić information content (AvgIpc) is 2.98. The Balaban J connectivity index is 2.13. The molecule has 0 bridgehead atoms. The van der Waals surface area contributed by atoms with E-state index in [0.717, 1.165) is 30.9 Å². The highest BCUT2D eigenvalue weighted by atomic mass is 32.2. The number of aromatic nitrogens is 1. The topological polar surface area (TPSA) is 45.2 Å². The lowest BCUT2D eigenvalue weighted by atomic mass is 10.1. The molecule has 1 fully saturated rings. The Labute approximate surface area is 119 Å². The van der Waals surface area contributed by atoms with Gasteiger partial charge in [-0.05, 0) is 30.7 Å². The molecule has 1 aliphatic rings. The number of carbonyl (C=O) groups is 1. The summed E-state index contributed by atoms with van der Waals surface area (Å²) in [4.78, 5) is 18.7. The second kappa shape index (κ2) is 6.80. The van der Waals surface area contributed by atoms with E-state index in [2.05, 4.69) is 17.2 Å². The van der Waals surface area contributed by atoms with Crippen LogP contribution in [0.25, 0.3) is 0 Å². The fourth-order valence-electron chi connectivity index (χ4n) is 2.15. The van der Waals surface area contributed by atoms with Crippen LogP contribution in [0.4, 0.5) is 5.82 Å². The van der Waals surface area contributed by atoms with Gasteiger partial charge in [0.25, 0.3) is 5.91 Å². The molecule has 2 heterocycles. The molecule has 1 unspecified atom stereocenters. The largest absolute Gasteiger partial charge is 0.369 e. The molecule has 1 amide bonds. The van der Waals surface area contributed by atoms with Crippen LogP contribution in [0.3, 0.4) is 0 Å². The minimum absolute atomic E-state index is 0.0687. The Hall–Kier alpha value is -1.23. The number of hydrogen-bond acceptors (Lipinski definition) is 4. The van der Waals surface area contributed by atoms with Gasteiger partial charge in [0.05, 0.1) is 5.56 Å². The van der Waals surface area contributed by atoms with Crippen LogP contribution in [-0.4, -0.2) is 46.9 Å². The first-order chi connectivity index (χ1) is 9.24. The smallest absolute Gasteiger partial charge is 0.257 e. The van der Waals surface area contributed by atoms with Gasteiger partial charge in [0.1, 0.15) is 5.82 Å². The van der Waals surface area contributed by atoms with E-state index >= 15 is 0 Å². The molecule has 1 aliphatic heterocycles. The zero-order valence-electron chi connectivity index (χ0n) is 11.6. The van der Waals surface area contributed by atoms with Gasteiger partial charge in [0, 0.05) is 31.6 Å². The Morgan fingerprint density at radius 1 is 1.63 bits per heavy atom. The molecule has 19 heavy (non-hydrogen) atoms. The molecule has 1 aromatic heterocycles. The highest BCUT2D eigenvalue weighted by molar-refractivity contribution is 7.99. The summed E-state index contributed by atoms with van der Waals surface area (Å²) in [5.74, 6) is 2.96. The number of thioether (sulfide) groups is 1. The monoisotopic (exact) mass is 279 g/mol. The molecule has 0 aromatic carbocycles. The van der Waals surface area contributed by atoms with Crippen LogP contribution in [0.15, 0.2) is 18.3 Å². The van der Waals surface area contributed by atoms with Crippen LogP contribution in [0.2, 0.25) is 0 Å². The predicted octanol–water partition coefficient (Wildman–Crippen LogP) is 2.48. The number of hydrogen-bond donors (Lipinski definition) is 1. The number of amides is 1. The number of rotatable bonds is 5. The minimum Gasteiger partial charge on any atom is -0.369 e. The summed E-state index contributed by atoms with van der Waals surface area (Å²) >= 11 is 1.92. The number of nitrogens with zero attached hydrogens (tertiary/aromatic N) is 2. The Bertz CT molecular complexity index is 432. The molecular weight excluding hydrogens is 258 g/mol. The van der Waals surface area contributed by atoms with Crippen molar-refractivity contribution in [1.29, 1.82) is 0 Å². The van der Waals surface area contributed by atoms with E-state index in [9.17, 15) is 4.79 Å². The third-order valence-electron chi connectivity index (χ3n) is 3.35. The number of nitrogens with one attached hydrogen (secondary N) is 1. The van der Waals surface area contributed by atoms with Crippen LogP contribution >= 0.6 is 11.8 Å². The van der Waals surface area contributed by atoms with Gasteiger partial charge in [-0.15, -0.1) is 0 Å². The van der Waals surface area contributed by atoms with Crippen molar-refractivity contribution in [3.63, 3.8) is 0 Å². The number of pyridine rings is 1. The summed E-state index contributed by atoms with van der Waals surface area (Å²) in [6.45, 7) is 2.93. The van der Waals surface area contributed by atoms with Crippen molar-refractivity contribution < 1.29 is 4.79 Å². The lowest BCUT2D eigenvalue weighted by Gasteiger charge is -2.24. The fourth-order valence-corrected chi connectivity index (χ4v) is 3.41. The van der Waals surface area contributed by atoms with Gasteiger partial charge in [-0.25, -0.2) is 4.98 Å². The molecule has 0 spiro atoms. The maximum Gasteiger partial charge on any atom is 0.257 e. The van der Waals surface area contributed by atoms with Crippen LogP contribution in [0.5, 0.6) is 0 Å². The molecule has 0 saturated carbocycles. The Morgan fingerprint density at radius 2 is 2.47 bits per heavy atom. The van der Waals surface area contributed by atoms with Gasteiger partial charge in [0.2, 0.25) is 0 Å². The summed E-state index contributed by atoms with van der Waals surface area (Å²) in [7, 11) is 1.90. The molecule has 1 saturated heterocycles. The normalized spacial score (nSPS) is 18.3. The molecule has 1 atom stereocenters. The summed E-state index contributed by atoms with van der Waals surface area (Å²) < 4.78 is 0. The molecule has 4 nitrogen and oxygen atoms in total. The van der Waals surface area contributed by atoms with E-state index in [-0.39, 0.29) is 5.91 Å². The maximum atomic E-state index is 12.6. The van der Waals surface area contributed by atoms with Crippen LogP contribution in [0.1, 0.15) is 30.1 Å². The van der Waals surface area contributed by atoms with Crippen LogP contribution < -0.4 is 5.32 Å². The zero-order valence-corrected chi connectivity index (χ0v) is 12.4. The number of anilines is 1. The molecule has 1 aromatic rings. The Morgan fingerprint density at radius 3 is 3.16 bits per heavy atom. The quantitative estimate of drug-likeness (QED) is 0.899. The van der Waals surface area contributed by atoms with Crippen molar-refractivity contribution in [3.8, 4) is 0 Å². The van der Waals surface area contributed by atoms with Crippen molar-refractivity contribution in [3.05, 3.63) is 23.9 Å². The second-order valence-corrected chi connectivity index (χ2v) is 5.91. The first-order valence-electron chi connectivity index (χ1n) is 6.77. The second-order valence-electron chi connectivity index (χ2n) is 4.76. The van der Waals surface area contributed by atoms with Crippen molar-refractivity contribution in [2.45, 2.75) is 25.8 Å². The van der Waals surface area contributed by atoms with Crippen LogP contribution in [-0.2, 0) is 0 Å². The summed E-state index contributed by atoms with van der Waals surface area (Å²) in [6, 6.07) is 4.03. The van der Waals surface area contributed by atoms with E-state index in [0.29, 0.717) is 17.4 Å². The van der Waals surface area contributed by atoms with Crippen LogP contribution in [0, 0.1) is 0 Å². The van der Waals surface area contributed by atoms with Gasteiger partial charge >= 0.3 is 0 Å². The first kappa shape index (κ1) is 14.2. The molecule has 104 valence electrons. The SMILES string of the molecule is CCCNc1ncccc1C(=O)N(C)C1CCSC1.